The molecule has 0 saturated heterocycles. The van der Waals surface area contributed by atoms with E-state index in [4.69, 9.17) is 0 Å². The van der Waals surface area contributed by atoms with E-state index >= 15 is 0 Å². The van der Waals surface area contributed by atoms with Crippen LogP contribution in [-0.4, -0.2) is 15.4 Å². The van der Waals surface area contributed by atoms with Crippen LogP contribution in [0.1, 0.15) is 24.6 Å². The van der Waals surface area contributed by atoms with E-state index in [1.165, 1.54) is 11.3 Å². The van der Waals surface area contributed by atoms with E-state index in [0.717, 1.165) is 23.0 Å². The fourth-order valence-electron chi connectivity index (χ4n) is 3.38. The van der Waals surface area contributed by atoms with Crippen LogP contribution >= 0.6 is 15.9 Å². The van der Waals surface area contributed by atoms with Gasteiger partial charge in [0.2, 0.25) is 0 Å². The minimum absolute atomic E-state index is 0.0470. The fraction of sp³-hybridized carbons (Fsp3) is 0.263. The zero-order valence-corrected chi connectivity index (χ0v) is 15.0. The van der Waals surface area contributed by atoms with Crippen LogP contribution in [0.3, 0.4) is 0 Å². The molecule has 0 radical (unpaired) electrons. The summed E-state index contributed by atoms with van der Waals surface area (Å²) in [6.07, 6.45) is 3.99. The zero-order valence-electron chi connectivity index (χ0n) is 13.4. The Morgan fingerprint density at radius 1 is 1.25 bits per heavy atom. The molecule has 0 fully saturated rings. The number of pyridine rings is 1. The lowest BCUT2D eigenvalue weighted by molar-refractivity contribution is 0.556. The van der Waals surface area contributed by atoms with Gasteiger partial charge in [-0.15, -0.1) is 0 Å². The topological polar surface area (TPSA) is 37.6 Å². The molecule has 0 N–H and O–H groups in total. The van der Waals surface area contributed by atoms with E-state index in [-0.39, 0.29) is 5.56 Å². The Morgan fingerprint density at radius 3 is 2.96 bits per heavy atom. The molecule has 0 aliphatic carbocycles. The Hall–Kier alpha value is -2.14. The summed E-state index contributed by atoms with van der Waals surface area (Å²) in [5.41, 5.74) is 4.07. The lowest BCUT2D eigenvalue weighted by atomic mass is 9.96. The summed E-state index contributed by atoms with van der Waals surface area (Å²) in [5.74, 6) is 0. The molecule has 0 saturated carbocycles. The number of aromatic nitrogens is 2. The van der Waals surface area contributed by atoms with Crippen molar-refractivity contribution in [2.24, 2.45) is 0 Å². The summed E-state index contributed by atoms with van der Waals surface area (Å²) in [6, 6.07) is 14.4. The quantitative estimate of drug-likeness (QED) is 0.675. The summed E-state index contributed by atoms with van der Waals surface area (Å²) >= 11 is 3.39. The molecule has 3 heterocycles. The number of rotatable bonds is 2. The number of aryl methyl sites for hydroxylation is 1. The number of anilines is 1. The Kier molecular flexibility index (Phi) is 3.88. The van der Waals surface area contributed by atoms with Crippen molar-refractivity contribution in [3.05, 3.63) is 74.7 Å². The van der Waals surface area contributed by atoms with E-state index in [0.29, 0.717) is 18.2 Å². The number of para-hydroxylation sites is 1. The second-order valence-electron chi connectivity index (χ2n) is 6.31. The number of halogens is 1. The normalized spacial score (nSPS) is 17.1. The van der Waals surface area contributed by atoms with Crippen LogP contribution in [0.5, 0.6) is 0 Å². The third-order valence-electron chi connectivity index (χ3n) is 4.67. The van der Waals surface area contributed by atoms with Gasteiger partial charge in [-0.2, -0.15) is 0 Å². The van der Waals surface area contributed by atoms with Crippen molar-refractivity contribution < 1.29 is 0 Å². The maximum atomic E-state index is 12.4. The molecule has 24 heavy (non-hydrogen) atoms. The SMILES string of the molecule is CC1CCc2ccccc2N1Cc1cc(=O)n2cc(Br)ccc2n1. The first kappa shape index (κ1) is 15.4. The van der Waals surface area contributed by atoms with Crippen LogP contribution < -0.4 is 10.5 Å². The molecule has 4 nitrogen and oxygen atoms in total. The molecule has 0 spiro atoms. The minimum Gasteiger partial charge on any atom is -0.363 e. The predicted molar refractivity (Wildman–Crippen MR) is 99.6 cm³/mol. The number of benzene rings is 1. The van der Waals surface area contributed by atoms with E-state index in [9.17, 15) is 4.79 Å². The molecule has 4 rings (SSSR count). The Morgan fingerprint density at radius 2 is 2.08 bits per heavy atom. The Bertz CT molecular complexity index is 966. The van der Waals surface area contributed by atoms with E-state index in [1.54, 1.807) is 16.7 Å². The molecule has 5 heteroatoms. The molecule has 1 aromatic carbocycles. The number of hydrogen-bond donors (Lipinski definition) is 0. The molecular weight excluding hydrogens is 366 g/mol. The van der Waals surface area contributed by atoms with E-state index < -0.39 is 0 Å². The molecule has 0 amide bonds. The van der Waals surface area contributed by atoms with Crippen LogP contribution in [0, 0.1) is 0 Å². The standard InChI is InChI=1S/C19H18BrN3O/c1-13-6-7-14-4-2-3-5-17(14)22(13)12-16-10-19(24)23-11-15(20)8-9-18(23)21-16/h2-5,8-11,13H,6-7,12H2,1H3. The highest BCUT2D eigenvalue weighted by Gasteiger charge is 2.23. The van der Waals surface area contributed by atoms with Gasteiger partial charge >= 0.3 is 0 Å². The Labute approximate surface area is 148 Å². The second-order valence-corrected chi connectivity index (χ2v) is 7.22. The monoisotopic (exact) mass is 383 g/mol. The van der Waals surface area contributed by atoms with Gasteiger partial charge in [-0.05, 0) is 59.5 Å². The van der Waals surface area contributed by atoms with Gasteiger partial charge in [0, 0.05) is 28.5 Å². The first-order valence-electron chi connectivity index (χ1n) is 8.14. The van der Waals surface area contributed by atoms with Crippen molar-refractivity contribution in [3.63, 3.8) is 0 Å². The average molecular weight is 384 g/mol. The largest absolute Gasteiger partial charge is 0.363 e. The molecule has 1 aliphatic heterocycles. The molecule has 0 bridgehead atoms. The highest BCUT2D eigenvalue weighted by Crippen LogP contribution is 2.31. The van der Waals surface area contributed by atoms with Gasteiger partial charge in [-0.25, -0.2) is 4.98 Å². The lowest BCUT2D eigenvalue weighted by Gasteiger charge is -2.36. The van der Waals surface area contributed by atoms with Gasteiger partial charge in [0.15, 0.2) is 0 Å². The van der Waals surface area contributed by atoms with Gasteiger partial charge < -0.3 is 4.90 Å². The van der Waals surface area contributed by atoms with Gasteiger partial charge in [0.25, 0.3) is 5.56 Å². The Balaban J connectivity index is 1.74. The number of fused-ring (bicyclic) bond motifs is 2. The number of hydrogen-bond acceptors (Lipinski definition) is 3. The summed E-state index contributed by atoms with van der Waals surface area (Å²) in [7, 11) is 0. The van der Waals surface area contributed by atoms with Crippen LogP contribution in [-0.2, 0) is 13.0 Å². The summed E-state index contributed by atoms with van der Waals surface area (Å²) in [6.45, 7) is 2.89. The van der Waals surface area contributed by atoms with Crippen molar-refractivity contribution in [3.8, 4) is 0 Å². The molecular formula is C19H18BrN3O. The predicted octanol–water partition coefficient (Wildman–Crippen LogP) is 3.80. The van der Waals surface area contributed by atoms with E-state index in [1.807, 2.05) is 12.1 Å². The smallest absolute Gasteiger partial charge is 0.258 e. The molecule has 2 aromatic heterocycles. The molecule has 1 aliphatic rings. The second kappa shape index (κ2) is 6.06. The van der Waals surface area contributed by atoms with Crippen LogP contribution in [0.2, 0.25) is 0 Å². The third-order valence-corrected chi connectivity index (χ3v) is 5.14. The number of nitrogens with zero attached hydrogens (tertiary/aromatic N) is 3. The van der Waals surface area contributed by atoms with E-state index in [2.05, 4.69) is 57.0 Å². The lowest BCUT2D eigenvalue weighted by Crippen LogP contribution is -2.37. The first-order chi connectivity index (χ1) is 11.6. The molecule has 122 valence electrons. The van der Waals surface area contributed by atoms with Gasteiger partial charge in [0.05, 0.1) is 12.2 Å². The van der Waals surface area contributed by atoms with Crippen molar-refractivity contribution >= 4 is 27.3 Å². The first-order valence-corrected chi connectivity index (χ1v) is 8.93. The highest BCUT2D eigenvalue weighted by atomic mass is 79.9. The molecule has 3 aromatic rings. The van der Waals surface area contributed by atoms with Crippen LogP contribution in [0.4, 0.5) is 5.69 Å². The maximum absolute atomic E-state index is 12.4. The van der Waals surface area contributed by atoms with Crippen molar-refractivity contribution in [2.45, 2.75) is 32.4 Å². The minimum atomic E-state index is -0.0470. The summed E-state index contributed by atoms with van der Waals surface area (Å²) in [5, 5.41) is 0. The van der Waals surface area contributed by atoms with Crippen molar-refractivity contribution in [1.82, 2.24) is 9.38 Å². The highest BCUT2D eigenvalue weighted by molar-refractivity contribution is 9.10. The van der Waals surface area contributed by atoms with Gasteiger partial charge in [0.1, 0.15) is 5.65 Å². The molecule has 1 atom stereocenters. The fourth-order valence-corrected chi connectivity index (χ4v) is 3.72. The average Bonchev–Trinajstić information content (AvgIpc) is 2.58. The van der Waals surface area contributed by atoms with Gasteiger partial charge in [-0.1, -0.05) is 18.2 Å². The summed E-state index contributed by atoms with van der Waals surface area (Å²) in [4.78, 5) is 19.4. The van der Waals surface area contributed by atoms with Crippen LogP contribution in [0.15, 0.2) is 57.9 Å². The van der Waals surface area contributed by atoms with Crippen molar-refractivity contribution in [1.29, 1.82) is 0 Å². The van der Waals surface area contributed by atoms with Gasteiger partial charge in [-0.3, -0.25) is 9.20 Å². The third kappa shape index (κ3) is 2.73. The summed E-state index contributed by atoms with van der Waals surface area (Å²) < 4.78 is 2.44. The maximum Gasteiger partial charge on any atom is 0.258 e. The zero-order chi connectivity index (χ0) is 16.7. The van der Waals surface area contributed by atoms with Crippen LogP contribution in [0.25, 0.3) is 5.65 Å². The van der Waals surface area contributed by atoms with Crippen molar-refractivity contribution in [2.75, 3.05) is 4.90 Å². The molecule has 1 unspecified atom stereocenters.